The van der Waals surface area contributed by atoms with Crippen molar-refractivity contribution in [3.05, 3.63) is 98.8 Å². The molecule has 0 radical (unpaired) electrons. The molecule has 1 aromatic heterocycles. The Morgan fingerprint density at radius 1 is 1.00 bits per heavy atom. The fourth-order valence-electron chi connectivity index (χ4n) is 3.00. The number of aryl methyl sites for hydroxylation is 1. The monoisotopic (exact) mass is 489 g/mol. The molecule has 0 bridgehead atoms. The summed E-state index contributed by atoms with van der Waals surface area (Å²) in [6.45, 7) is 1.96. The molecule has 4 rings (SSSR count). The first-order valence-electron chi connectivity index (χ1n) is 8.97. The molecule has 1 heterocycles. The summed E-state index contributed by atoms with van der Waals surface area (Å²) in [5, 5.41) is 11.7. The fourth-order valence-corrected chi connectivity index (χ4v) is 3.52. The molecule has 0 fully saturated rings. The maximum Gasteiger partial charge on any atom is 0.247 e. The molecule has 30 heavy (non-hydrogen) atoms. The molecule has 3 aromatic carbocycles. The number of aromatic nitrogens is 2. The lowest BCUT2D eigenvalue weighted by Gasteiger charge is -2.19. The van der Waals surface area contributed by atoms with E-state index in [1.54, 1.807) is 18.2 Å². The van der Waals surface area contributed by atoms with Gasteiger partial charge in [-0.05, 0) is 61.0 Å². The number of hydrogen-bond acceptors (Lipinski definition) is 4. The van der Waals surface area contributed by atoms with Crippen molar-refractivity contribution in [1.29, 1.82) is 0 Å². The summed E-state index contributed by atoms with van der Waals surface area (Å²) >= 11 is 9.79. The molecule has 0 aliphatic carbocycles. The van der Waals surface area contributed by atoms with Crippen molar-refractivity contribution in [2.45, 2.75) is 13.0 Å². The Bertz CT molecular complexity index is 1210. The van der Waals surface area contributed by atoms with Crippen molar-refractivity contribution in [1.82, 2.24) is 10.2 Å². The van der Waals surface area contributed by atoms with Gasteiger partial charge in [-0.15, -0.1) is 10.2 Å². The van der Waals surface area contributed by atoms with Gasteiger partial charge in [-0.2, -0.15) is 0 Å². The lowest BCUT2D eigenvalue weighted by Crippen LogP contribution is -2.14. The quantitative estimate of drug-likeness (QED) is 0.329. The molecule has 0 spiro atoms. The first kappa shape index (κ1) is 20.5. The number of nitrogens with zero attached hydrogens (tertiary/aromatic N) is 2. The van der Waals surface area contributed by atoms with E-state index in [1.165, 1.54) is 24.3 Å². The molecular weight excluding hydrogens is 476 g/mol. The molecule has 0 aliphatic rings. The first-order valence-corrected chi connectivity index (χ1v) is 10.1. The normalized spacial score (nSPS) is 12.0. The van der Waals surface area contributed by atoms with Crippen molar-refractivity contribution in [3.63, 3.8) is 0 Å². The predicted molar refractivity (Wildman–Crippen MR) is 115 cm³/mol. The zero-order valence-electron chi connectivity index (χ0n) is 15.7. The molecule has 152 valence electrons. The zero-order chi connectivity index (χ0) is 21.3. The standard InChI is InChI=1S/C22H15BrClF2N3O/c1-12-9-16(6-8-18(12)23)27-20(17-7-5-15(26)11-19(17)24)22-29-28-21(30-22)13-3-2-4-14(25)10-13/h2-11,20,27H,1H3/t20-/m1/s1. The summed E-state index contributed by atoms with van der Waals surface area (Å²) < 4.78 is 34.0. The van der Waals surface area contributed by atoms with Crippen molar-refractivity contribution >= 4 is 33.2 Å². The summed E-state index contributed by atoms with van der Waals surface area (Å²) in [6, 6.07) is 15.1. The second-order valence-electron chi connectivity index (χ2n) is 6.66. The van der Waals surface area contributed by atoms with E-state index in [0.29, 0.717) is 11.1 Å². The van der Waals surface area contributed by atoms with Crippen molar-refractivity contribution in [2.75, 3.05) is 5.32 Å². The fraction of sp³-hybridized carbons (Fsp3) is 0.0909. The van der Waals surface area contributed by atoms with Crippen LogP contribution in [0.3, 0.4) is 0 Å². The van der Waals surface area contributed by atoms with Crippen LogP contribution in [0, 0.1) is 18.6 Å². The van der Waals surface area contributed by atoms with E-state index in [2.05, 4.69) is 31.4 Å². The summed E-state index contributed by atoms with van der Waals surface area (Å²) in [5.41, 5.74) is 2.83. The second kappa shape index (κ2) is 8.53. The number of hydrogen-bond donors (Lipinski definition) is 1. The SMILES string of the molecule is Cc1cc(N[C@@H](c2nnc(-c3cccc(F)c3)o2)c2ccc(F)cc2Cl)ccc1Br. The van der Waals surface area contributed by atoms with Gasteiger partial charge in [0.25, 0.3) is 0 Å². The van der Waals surface area contributed by atoms with Gasteiger partial charge in [0.1, 0.15) is 17.7 Å². The van der Waals surface area contributed by atoms with Crippen molar-refractivity contribution in [2.24, 2.45) is 0 Å². The minimum absolute atomic E-state index is 0.168. The Hall–Kier alpha value is -2.77. The Kier molecular flexibility index (Phi) is 5.83. The van der Waals surface area contributed by atoms with Crippen LogP contribution in [0.4, 0.5) is 14.5 Å². The van der Waals surface area contributed by atoms with E-state index in [4.69, 9.17) is 16.0 Å². The highest BCUT2D eigenvalue weighted by molar-refractivity contribution is 9.10. The van der Waals surface area contributed by atoms with Gasteiger partial charge < -0.3 is 9.73 Å². The molecule has 8 heteroatoms. The predicted octanol–water partition coefficient (Wildman–Crippen LogP) is 6.94. The number of nitrogens with one attached hydrogen (secondary N) is 1. The molecule has 0 unspecified atom stereocenters. The highest BCUT2D eigenvalue weighted by atomic mass is 79.9. The van der Waals surface area contributed by atoms with Crippen LogP contribution in [-0.2, 0) is 0 Å². The lowest BCUT2D eigenvalue weighted by molar-refractivity contribution is 0.493. The van der Waals surface area contributed by atoms with Crippen LogP contribution < -0.4 is 5.32 Å². The third-order valence-corrected chi connectivity index (χ3v) is 5.72. The number of rotatable bonds is 5. The Morgan fingerprint density at radius 2 is 1.80 bits per heavy atom. The molecule has 4 nitrogen and oxygen atoms in total. The Morgan fingerprint density at radius 3 is 2.53 bits per heavy atom. The Labute approximate surface area is 185 Å². The van der Waals surface area contributed by atoms with Crippen LogP contribution >= 0.6 is 27.5 Å². The number of anilines is 1. The summed E-state index contributed by atoms with van der Waals surface area (Å²) in [4.78, 5) is 0. The molecule has 1 N–H and O–H groups in total. The van der Waals surface area contributed by atoms with E-state index < -0.39 is 17.7 Å². The average Bonchev–Trinajstić information content (AvgIpc) is 3.19. The Balaban J connectivity index is 1.76. The first-order chi connectivity index (χ1) is 14.4. The maximum atomic E-state index is 13.6. The maximum absolute atomic E-state index is 13.6. The molecule has 0 saturated carbocycles. The lowest BCUT2D eigenvalue weighted by atomic mass is 10.1. The van der Waals surface area contributed by atoms with Crippen molar-refractivity contribution < 1.29 is 13.2 Å². The van der Waals surface area contributed by atoms with Crippen LogP contribution in [0.1, 0.15) is 23.1 Å². The highest BCUT2D eigenvalue weighted by Gasteiger charge is 2.24. The van der Waals surface area contributed by atoms with Crippen LogP contribution in [0.25, 0.3) is 11.5 Å². The van der Waals surface area contributed by atoms with E-state index in [-0.39, 0.29) is 16.8 Å². The van der Waals surface area contributed by atoms with E-state index in [9.17, 15) is 8.78 Å². The zero-order valence-corrected chi connectivity index (χ0v) is 18.0. The molecule has 0 aliphatic heterocycles. The van der Waals surface area contributed by atoms with Crippen LogP contribution in [0.15, 0.2) is 69.6 Å². The van der Waals surface area contributed by atoms with Gasteiger partial charge in [0, 0.05) is 26.3 Å². The smallest absolute Gasteiger partial charge is 0.247 e. The van der Waals surface area contributed by atoms with Gasteiger partial charge >= 0.3 is 0 Å². The second-order valence-corrected chi connectivity index (χ2v) is 7.92. The van der Waals surface area contributed by atoms with Crippen LogP contribution in [-0.4, -0.2) is 10.2 Å². The molecule has 0 saturated heterocycles. The third-order valence-electron chi connectivity index (χ3n) is 4.50. The van der Waals surface area contributed by atoms with Crippen LogP contribution in [0.2, 0.25) is 5.02 Å². The van der Waals surface area contributed by atoms with Crippen LogP contribution in [0.5, 0.6) is 0 Å². The number of benzene rings is 3. The molecule has 4 aromatic rings. The summed E-state index contributed by atoms with van der Waals surface area (Å²) in [5.74, 6) is -0.480. The molecular formula is C22H15BrClF2N3O. The summed E-state index contributed by atoms with van der Waals surface area (Å²) in [6.07, 6.45) is 0. The van der Waals surface area contributed by atoms with E-state index in [1.807, 2.05) is 25.1 Å². The topological polar surface area (TPSA) is 51.0 Å². The largest absolute Gasteiger partial charge is 0.418 e. The third kappa shape index (κ3) is 4.37. The van der Waals surface area contributed by atoms with Gasteiger partial charge in [0.05, 0.1) is 0 Å². The van der Waals surface area contributed by atoms with Crippen molar-refractivity contribution in [3.8, 4) is 11.5 Å². The van der Waals surface area contributed by atoms with E-state index in [0.717, 1.165) is 15.7 Å². The van der Waals surface area contributed by atoms with Gasteiger partial charge in [-0.25, -0.2) is 8.78 Å². The van der Waals surface area contributed by atoms with Gasteiger partial charge in [0.15, 0.2) is 0 Å². The highest BCUT2D eigenvalue weighted by Crippen LogP contribution is 2.33. The van der Waals surface area contributed by atoms with Gasteiger partial charge in [-0.3, -0.25) is 0 Å². The molecule has 0 amide bonds. The van der Waals surface area contributed by atoms with Gasteiger partial charge in [0.2, 0.25) is 11.8 Å². The number of halogens is 4. The summed E-state index contributed by atoms with van der Waals surface area (Å²) in [7, 11) is 0. The minimum atomic E-state index is -0.645. The van der Waals surface area contributed by atoms with E-state index >= 15 is 0 Å². The average molecular weight is 491 g/mol. The minimum Gasteiger partial charge on any atom is -0.418 e. The van der Waals surface area contributed by atoms with Gasteiger partial charge in [-0.1, -0.05) is 39.7 Å². The molecule has 1 atom stereocenters.